The van der Waals surface area contributed by atoms with Crippen LogP contribution in [-0.4, -0.2) is 9.79 Å². The fourth-order valence-corrected chi connectivity index (χ4v) is 1.51. The number of hydrogen-bond donors (Lipinski definition) is 2. The molecule has 4 heteroatoms. The third kappa shape index (κ3) is 6.52. The van der Waals surface area contributed by atoms with E-state index in [2.05, 4.69) is 0 Å². The van der Waals surface area contributed by atoms with E-state index in [1.54, 1.807) is 24.3 Å². The van der Waals surface area contributed by atoms with E-state index in [0.717, 1.165) is 0 Å². The van der Waals surface area contributed by atoms with E-state index in [1.165, 1.54) is 0 Å². The lowest BCUT2D eigenvalue weighted by molar-refractivity contribution is 0.372. The fraction of sp³-hybridized carbons (Fsp3) is 0.333. The van der Waals surface area contributed by atoms with Gasteiger partial charge in [0.15, 0.2) is 0 Å². The summed E-state index contributed by atoms with van der Waals surface area (Å²) < 4.78 is 10.5. The molecule has 1 rings (SSSR count). The van der Waals surface area contributed by atoms with Crippen LogP contribution in [0.3, 0.4) is 0 Å². The molecule has 1 aromatic rings. The van der Waals surface area contributed by atoms with Crippen LogP contribution in [0.25, 0.3) is 0 Å². The maximum atomic E-state index is 10.5. The van der Waals surface area contributed by atoms with Crippen LogP contribution in [0.5, 0.6) is 0 Å². The van der Waals surface area contributed by atoms with Crippen LogP contribution in [-0.2, 0) is 10.7 Å². The molecule has 0 heterocycles. The molecule has 74 valence electrons. The molecule has 0 fully saturated rings. The second kappa shape index (κ2) is 5.92. The molecule has 0 bridgehead atoms. The summed E-state index contributed by atoms with van der Waals surface area (Å²) in [6.45, 7) is 4.00. The molecule has 0 saturated heterocycles. The van der Waals surface area contributed by atoms with Gasteiger partial charge in [-0.05, 0) is 5.56 Å². The van der Waals surface area contributed by atoms with E-state index < -0.39 is 7.60 Å². The molecule has 0 amide bonds. The van der Waals surface area contributed by atoms with Crippen molar-refractivity contribution < 1.29 is 14.4 Å². The van der Waals surface area contributed by atoms with Crippen LogP contribution in [0.4, 0.5) is 0 Å². The predicted octanol–water partition coefficient (Wildman–Crippen LogP) is 2.39. The lowest BCUT2D eigenvalue weighted by atomic mass is 10.2. The quantitative estimate of drug-likeness (QED) is 0.724. The first-order valence-corrected chi connectivity index (χ1v) is 5.96. The Morgan fingerprint density at radius 2 is 1.62 bits per heavy atom. The molecule has 0 unspecified atom stereocenters. The van der Waals surface area contributed by atoms with Crippen molar-refractivity contribution in [2.24, 2.45) is 0 Å². The van der Waals surface area contributed by atoms with Crippen molar-refractivity contribution in [2.75, 3.05) is 0 Å². The molecule has 0 aliphatic heterocycles. The van der Waals surface area contributed by atoms with Crippen molar-refractivity contribution in [1.82, 2.24) is 0 Å². The van der Waals surface area contributed by atoms with Crippen molar-refractivity contribution in [1.29, 1.82) is 0 Å². The second-order valence-corrected chi connectivity index (χ2v) is 3.95. The molecule has 0 aromatic heterocycles. The van der Waals surface area contributed by atoms with Crippen molar-refractivity contribution >= 4 is 7.60 Å². The lowest BCUT2D eigenvalue weighted by Crippen LogP contribution is -1.84. The van der Waals surface area contributed by atoms with E-state index in [-0.39, 0.29) is 6.16 Å². The Kier molecular flexibility index (Phi) is 5.63. The summed E-state index contributed by atoms with van der Waals surface area (Å²) in [6, 6.07) is 8.71. The maximum Gasteiger partial charge on any atom is 0.329 e. The molecule has 13 heavy (non-hydrogen) atoms. The van der Waals surface area contributed by atoms with Gasteiger partial charge in [0.2, 0.25) is 0 Å². The van der Waals surface area contributed by atoms with E-state index in [0.29, 0.717) is 5.56 Å². The predicted molar refractivity (Wildman–Crippen MR) is 53.5 cm³/mol. The normalized spacial score (nSPS) is 10.2. The van der Waals surface area contributed by atoms with Gasteiger partial charge in [0, 0.05) is 0 Å². The summed E-state index contributed by atoms with van der Waals surface area (Å²) in [5.74, 6) is 0. The van der Waals surface area contributed by atoms with Gasteiger partial charge in [-0.15, -0.1) is 0 Å². The molecule has 0 atom stereocenters. The van der Waals surface area contributed by atoms with Gasteiger partial charge in [-0.3, -0.25) is 4.57 Å². The highest BCUT2D eigenvalue weighted by molar-refractivity contribution is 7.50. The van der Waals surface area contributed by atoms with Gasteiger partial charge in [0.1, 0.15) is 0 Å². The average molecular weight is 202 g/mol. The highest BCUT2D eigenvalue weighted by Gasteiger charge is 2.12. The molecule has 3 nitrogen and oxygen atoms in total. The third-order valence-electron chi connectivity index (χ3n) is 1.23. The molecule has 1 aromatic carbocycles. The monoisotopic (exact) mass is 202 g/mol. The minimum Gasteiger partial charge on any atom is -0.324 e. The van der Waals surface area contributed by atoms with Crippen LogP contribution < -0.4 is 0 Å². The van der Waals surface area contributed by atoms with Gasteiger partial charge in [0.05, 0.1) is 6.16 Å². The van der Waals surface area contributed by atoms with Crippen molar-refractivity contribution in [2.45, 2.75) is 20.0 Å². The van der Waals surface area contributed by atoms with Crippen molar-refractivity contribution in [3.8, 4) is 0 Å². The van der Waals surface area contributed by atoms with E-state index in [1.807, 2.05) is 19.9 Å². The zero-order chi connectivity index (χ0) is 10.3. The highest BCUT2D eigenvalue weighted by atomic mass is 31.2. The molecule has 0 radical (unpaired) electrons. The summed E-state index contributed by atoms with van der Waals surface area (Å²) in [7, 11) is -3.89. The van der Waals surface area contributed by atoms with Gasteiger partial charge >= 0.3 is 7.60 Å². The first-order chi connectivity index (χ1) is 6.08. The van der Waals surface area contributed by atoms with Crippen LogP contribution in [0.1, 0.15) is 19.4 Å². The first-order valence-electron chi connectivity index (χ1n) is 4.16. The summed E-state index contributed by atoms with van der Waals surface area (Å²) >= 11 is 0. The van der Waals surface area contributed by atoms with Gasteiger partial charge in [0.25, 0.3) is 0 Å². The topological polar surface area (TPSA) is 57.5 Å². The summed E-state index contributed by atoms with van der Waals surface area (Å²) in [4.78, 5) is 17.2. The van der Waals surface area contributed by atoms with Gasteiger partial charge in [-0.25, -0.2) is 0 Å². The molecule has 0 aliphatic carbocycles. The number of benzene rings is 1. The fourth-order valence-electron chi connectivity index (χ4n) is 0.821. The maximum absolute atomic E-state index is 10.5. The average Bonchev–Trinajstić information content (AvgIpc) is 2.07. The van der Waals surface area contributed by atoms with E-state index in [9.17, 15) is 4.57 Å². The third-order valence-corrected chi connectivity index (χ3v) is 2.01. The van der Waals surface area contributed by atoms with Crippen LogP contribution >= 0.6 is 7.60 Å². The smallest absolute Gasteiger partial charge is 0.324 e. The molecular weight excluding hydrogens is 187 g/mol. The molecule has 2 N–H and O–H groups in total. The van der Waals surface area contributed by atoms with Gasteiger partial charge < -0.3 is 9.79 Å². The largest absolute Gasteiger partial charge is 0.329 e. The first kappa shape index (κ1) is 12.4. The van der Waals surface area contributed by atoms with E-state index >= 15 is 0 Å². The van der Waals surface area contributed by atoms with Crippen molar-refractivity contribution in [3.05, 3.63) is 35.9 Å². The van der Waals surface area contributed by atoms with Crippen LogP contribution in [0.2, 0.25) is 0 Å². The van der Waals surface area contributed by atoms with Crippen molar-refractivity contribution in [3.63, 3.8) is 0 Å². The highest BCUT2D eigenvalue weighted by Crippen LogP contribution is 2.38. The second-order valence-electron chi connectivity index (χ2n) is 2.31. The zero-order valence-corrected chi connectivity index (χ0v) is 8.74. The minimum absolute atomic E-state index is 0.173. The molecule has 0 spiro atoms. The zero-order valence-electron chi connectivity index (χ0n) is 7.84. The van der Waals surface area contributed by atoms with Gasteiger partial charge in [-0.1, -0.05) is 44.2 Å². The molecule has 0 saturated carbocycles. The Hall–Kier alpha value is -0.630. The number of rotatable bonds is 2. The SMILES string of the molecule is CC.O=P(O)(O)Cc1ccccc1. The van der Waals surface area contributed by atoms with Crippen LogP contribution in [0.15, 0.2) is 30.3 Å². The lowest BCUT2D eigenvalue weighted by Gasteiger charge is -2.01. The Morgan fingerprint density at radius 3 is 2.00 bits per heavy atom. The number of hydrogen-bond acceptors (Lipinski definition) is 1. The summed E-state index contributed by atoms with van der Waals surface area (Å²) in [6.07, 6.45) is -0.173. The summed E-state index contributed by atoms with van der Waals surface area (Å²) in [5, 5.41) is 0. The Balaban J connectivity index is 0.000000671. The summed E-state index contributed by atoms with van der Waals surface area (Å²) in [5.41, 5.74) is 0.667. The molecular formula is C9H15O3P. The van der Waals surface area contributed by atoms with E-state index in [4.69, 9.17) is 9.79 Å². The van der Waals surface area contributed by atoms with Crippen LogP contribution in [0, 0.1) is 0 Å². The minimum atomic E-state index is -3.89. The van der Waals surface area contributed by atoms with Gasteiger partial charge in [-0.2, -0.15) is 0 Å². The molecule has 0 aliphatic rings. The standard InChI is InChI=1S/C7H9O3P.C2H6/c8-11(9,10)6-7-4-2-1-3-5-7;1-2/h1-5H,6H2,(H2,8,9,10);1-2H3. The Labute approximate surface area is 78.6 Å². The Morgan fingerprint density at radius 1 is 1.15 bits per heavy atom. The Bertz CT molecular complexity index is 265.